The van der Waals surface area contributed by atoms with Crippen molar-refractivity contribution >= 4 is 5.97 Å². The van der Waals surface area contributed by atoms with Crippen LogP contribution in [-0.2, 0) is 9.68 Å². The first kappa shape index (κ1) is 15.4. The standard InChI is InChI=1S/C13H26O3/c1-5-6-7-8-13(3,4)10-11(2)9-12(14)16-15/h11,15H,5-10H2,1-4H3. The third-order valence-electron chi connectivity index (χ3n) is 2.98. The highest BCUT2D eigenvalue weighted by atomic mass is 17.1. The quantitative estimate of drug-likeness (QED) is 0.389. The summed E-state index contributed by atoms with van der Waals surface area (Å²) in [4.78, 5) is 14.6. The number of hydrogen-bond donors (Lipinski definition) is 1. The van der Waals surface area contributed by atoms with Crippen LogP contribution in [0, 0.1) is 11.3 Å². The van der Waals surface area contributed by atoms with Gasteiger partial charge in [-0.3, -0.25) is 0 Å². The van der Waals surface area contributed by atoms with Crippen LogP contribution >= 0.6 is 0 Å². The van der Waals surface area contributed by atoms with Crippen molar-refractivity contribution < 1.29 is 14.9 Å². The lowest BCUT2D eigenvalue weighted by atomic mass is 9.78. The molecule has 1 atom stereocenters. The fraction of sp³-hybridized carbons (Fsp3) is 0.923. The Morgan fingerprint density at radius 3 is 2.50 bits per heavy atom. The van der Waals surface area contributed by atoms with E-state index in [4.69, 9.17) is 5.26 Å². The van der Waals surface area contributed by atoms with Crippen molar-refractivity contribution in [3.63, 3.8) is 0 Å². The molecule has 0 aliphatic carbocycles. The Kier molecular flexibility index (Phi) is 7.39. The van der Waals surface area contributed by atoms with Crippen LogP contribution in [0.25, 0.3) is 0 Å². The van der Waals surface area contributed by atoms with E-state index in [-0.39, 0.29) is 11.3 Å². The molecule has 0 rings (SSSR count). The van der Waals surface area contributed by atoms with E-state index in [0.717, 1.165) is 6.42 Å². The van der Waals surface area contributed by atoms with E-state index in [1.54, 1.807) is 0 Å². The largest absolute Gasteiger partial charge is 0.342 e. The van der Waals surface area contributed by atoms with E-state index in [1.165, 1.54) is 25.7 Å². The molecule has 0 bridgehead atoms. The highest BCUT2D eigenvalue weighted by Crippen LogP contribution is 2.32. The zero-order valence-corrected chi connectivity index (χ0v) is 11.1. The second-order valence-corrected chi connectivity index (χ2v) is 5.60. The van der Waals surface area contributed by atoms with E-state index >= 15 is 0 Å². The van der Waals surface area contributed by atoms with Crippen molar-refractivity contribution in [1.29, 1.82) is 0 Å². The maximum absolute atomic E-state index is 10.9. The average Bonchev–Trinajstić information content (AvgIpc) is 2.16. The van der Waals surface area contributed by atoms with Crippen LogP contribution in [0.3, 0.4) is 0 Å². The molecule has 0 radical (unpaired) electrons. The van der Waals surface area contributed by atoms with Crippen molar-refractivity contribution in [1.82, 2.24) is 0 Å². The van der Waals surface area contributed by atoms with Gasteiger partial charge in [0, 0.05) is 0 Å². The van der Waals surface area contributed by atoms with Crippen molar-refractivity contribution in [3.8, 4) is 0 Å². The highest BCUT2D eigenvalue weighted by Gasteiger charge is 2.22. The van der Waals surface area contributed by atoms with Gasteiger partial charge in [-0.15, -0.1) is 0 Å². The molecule has 0 aliphatic heterocycles. The molecule has 0 aliphatic rings. The lowest BCUT2D eigenvalue weighted by Gasteiger charge is -2.27. The van der Waals surface area contributed by atoms with Crippen LogP contribution in [0.4, 0.5) is 0 Å². The van der Waals surface area contributed by atoms with E-state index in [0.29, 0.717) is 6.42 Å². The Labute approximate surface area is 99.1 Å². The van der Waals surface area contributed by atoms with Gasteiger partial charge in [-0.25, -0.2) is 4.79 Å². The van der Waals surface area contributed by atoms with Gasteiger partial charge in [0.2, 0.25) is 0 Å². The van der Waals surface area contributed by atoms with Crippen molar-refractivity contribution in [2.45, 2.75) is 66.2 Å². The summed E-state index contributed by atoms with van der Waals surface area (Å²) in [5.41, 5.74) is 0.268. The Hall–Kier alpha value is -0.570. The minimum absolute atomic E-state index is 0.260. The van der Waals surface area contributed by atoms with Gasteiger partial charge in [0.15, 0.2) is 0 Å². The first-order valence-corrected chi connectivity index (χ1v) is 6.25. The molecule has 16 heavy (non-hydrogen) atoms. The predicted molar refractivity (Wildman–Crippen MR) is 65.0 cm³/mol. The SMILES string of the molecule is CCCCCC(C)(C)CC(C)CC(=O)OO. The number of hydrogen-bond acceptors (Lipinski definition) is 3. The zero-order valence-electron chi connectivity index (χ0n) is 11.1. The van der Waals surface area contributed by atoms with Gasteiger partial charge in [0.1, 0.15) is 0 Å². The average molecular weight is 230 g/mol. The van der Waals surface area contributed by atoms with Gasteiger partial charge in [-0.1, -0.05) is 47.0 Å². The van der Waals surface area contributed by atoms with Gasteiger partial charge in [0.05, 0.1) is 6.42 Å². The molecule has 0 fully saturated rings. The Morgan fingerprint density at radius 2 is 2.00 bits per heavy atom. The summed E-state index contributed by atoms with van der Waals surface area (Å²) in [5, 5.41) is 8.21. The Bertz CT molecular complexity index is 199. The molecule has 96 valence electrons. The smallest absolute Gasteiger partial charge is 0.301 e. The first-order chi connectivity index (χ1) is 7.41. The second-order valence-electron chi connectivity index (χ2n) is 5.60. The lowest BCUT2D eigenvalue weighted by molar-refractivity contribution is -0.235. The molecule has 1 unspecified atom stereocenters. The number of unbranched alkanes of at least 4 members (excludes halogenated alkanes) is 2. The molecule has 0 saturated carbocycles. The molecular formula is C13H26O3. The van der Waals surface area contributed by atoms with Crippen LogP contribution in [0.5, 0.6) is 0 Å². The topological polar surface area (TPSA) is 46.5 Å². The summed E-state index contributed by atoms with van der Waals surface area (Å²) in [6.45, 7) is 8.71. The molecule has 0 heterocycles. The summed E-state index contributed by atoms with van der Waals surface area (Å²) in [6, 6.07) is 0. The zero-order chi connectivity index (χ0) is 12.6. The Balaban J connectivity index is 3.89. The molecular weight excluding hydrogens is 204 g/mol. The molecule has 1 N–H and O–H groups in total. The molecule has 0 aromatic heterocycles. The van der Waals surface area contributed by atoms with Crippen LogP contribution < -0.4 is 0 Å². The van der Waals surface area contributed by atoms with Crippen LogP contribution in [-0.4, -0.2) is 11.2 Å². The summed E-state index contributed by atoms with van der Waals surface area (Å²) in [7, 11) is 0. The summed E-state index contributed by atoms with van der Waals surface area (Å²) >= 11 is 0. The second kappa shape index (κ2) is 7.66. The third-order valence-corrected chi connectivity index (χ3v) is 2.98. The van der Waals surface area contributed by atoms with Crippen molar-refractivity contribution in [2.75, 3.05) is 0 Å². The Morgan fingerprint density at radius 1 is 1.38 bits per heavy atom. The van der Waals surface area contributed by atoms with E-state index in [1.807, 2.05) is 6.92 Å². The van der Waals surface area contributed by atoms with E-state index in [2.05, 4.69) is 25.7 Å². The number of rotatable bonds is 8. The predicted octanol–water partition coefficient (Wildman–Crippen LogP) is 4.03. The van der Waals surface area contributed by atoms with Gasteiger partial charge < -0.3 is 4.89 Å². The maximum atomic E-state index is 10.9. The summed E-state index contributed by atoms with van der Waals surface area (Å²) in [5.74, 6) is -0.270. The van der Waals surface area contributed by atoms with Gasteiger partial charge >= 0.3 is 5.97 Å². The minimum atomic E-state index is -0.531. The maximum Gasteiger partial charge on any atom is 0.342 e. The van der Waals surface area contributed by atoms with Crippen molar-refractivity contribution in [3.05, 3.63) is 0 Å². The molecule has 0 saturated heterocycles. The molecule has 0 aromatic carbocycles. The van der Waals surface area contributed by atoms with Crippen LogP contribution in [0.2, 0.25) is 0 Å². The minimum Gasteiger partial charge on any atom is -0.301 e. The van der Waals surface area contributed by atoms with E-state index < -0.39 is 5.97 Å². The number of carbonyl (C=O) groups is 1. The number of carbonyl (C=O) groups excluding carboxylic acids is 1. The molecule has 0 aromatic rings. The summed E-state index contributed by atoms with van der Waals surface area (Å²) in [6.07, 6.45) is 6.25. The van der Waals surface area contributed by atoms with Crippen LogP contribution in [0.1, 0.15) is 66.2 Å². The third kappa shape index (κ3) is 7.69. The van der Waals surface area contributed by atoms with Crippen molar-refractivity contribution in [2.24, 2.45) is 11.3 Å². The van der Waals surface area contributed by atoms with Gasteiger partial charge in [-0.2, -0.15) is 5.26 Å². The fourth-order valence-corrected chi connectivity index (χ4v) is 2.29. The highest BCUT2D eigenvalue weighted by molar-refractivity contribution is 5.68. The lowest BCUT2D eigenvalue weighted by Crippen LogP contribution is -2.18. The van der Waals surface area contributed by atoms with E-state index in [9.17, 15) is 4.79 Å². The first-order valence-electron chi connectivity index (χ1n) is 6.25. The monoisotopic (exact) mass is 230 g/mol. The molecule has 3 heteroatoms. The van der Waals surface area contributed by atoms with Gasteiger partial charge in [-0.05, 0) is 24.2 Å². The summed E-state index contributed by atoms with van der Waals surface area (Å²) < 4.78 is 0. The molecule has 0 spiro atoms. The normalized spacial score (nSPS) is 13.6. The van der Waals surface area contributed by atoms with Gasteiger partial charge in [0.25, 0.3) is 0 Å². The molecule has 0 amide bonds. The van der Waals surface area contributed by atoms with Crippen LogP contribution in [0.15, 0.2) is 0 Å². The molecule has 3 nitrogen and oxygen atoms in total. The fourth-order valence-electron chi connectivity index (χ4n) is 2.29.